The molecule has 0 aliphatic heterocycles. The predicted molar refractivity (Wildman–Crippen MR) is 87.0 cm³/mol. The lowest BCUT2D eigenvalue weighted by Gasteiger charge is -2.19. The summed E-state index contributed by atoms with van der Waals surface area (Å²) in [6.07, 6.45) is -1.53. The summed E-state index contributed by atoms with van der Waals surface area (Å²) in [5.41, 5.74) is 1.19. The van der Waals surface area contributed by atoms with Gasteiger partial charge in [-0.15, -0.1) is 0 Å². The van der Waals surface area contributed by atoms with Crippen LogP contribution in [0.25, 0.3) is 0 Å². The Labute approximate surface area is 143 Å². The average molecular weight is 344 g/mol. The zero-order chi connectivity index (χ0) is 18.2. The van der Waals surface area contributed by atoms with Crippen LogP contribution >= 0.6 is 0 Å². The van der Waals surface area contributed by atoms with Crippen LogP contribution in [0.5, 0.6) is 0 Å². The van der Waals surface area contributed by atoms with Gasteiger partial charge in [0.15, 0.2) is 5.03 Å². The molecule has 8 nitrogen and oxygen atoms in total. The Morgan fingerprint density at radius 2 is 1.56 bits per heavy atom. The fourth-order valence-corrected chi connectivity index (χ4v) is 2.21. The standard InChI is InChI=1S/C17H16N2O6/c20-16(21)15(11-13-7-3-1-4-8-13)18(19(23)24)17(22)25-12-14-9-5-2-6-10-14/h1-10,15H,11-12H2,(H,20,21). The molecule has 1 unspecified atom stereocenters. The first-order valence-corrected chi connectivity index (χ1v) is 7.40. The van der Waals surface area contributed by atoms with E-state index in [0.29, 0.717) is 11.1 Å². The number of rotatable bonds is 7. The number of nitrogens with zero attached hydrogens (tertiary/aromatic N) is 2. The van der Waals surface area contributed by atoms with E-state index >= 15 is 0 Å². The number of amides is 1. The number of hydrazine groups is 1. The number of carbonyl (C=O) groups excluding carboxylic acids is 1. The third-order valence-electron chi connectivity index (χ3n) is 3.42. The zero-order valence-electron chi connectivity index (χ0n) is 13.1. The van der Waals surface area contributed by atoms with Crippen LogP contribution in [0.4, 0.5) is 4.79 Å². The summed E-state index contributed by atoms with van der Waals surface area (Å²) in [6, 6.07) is 15.3. The van der Waals surface area contributed by atoms with Gasteiger partial charge in [0.1, 0.15) is 6.61 Å². The van der Waals surface area contributed by atoms with Crippen molar-refractivity contribution < 1.29 is 24.5 Å². The summed E-state index contributed by atoms with van der Waals surface area (Å²) >= 11 is 0. The molecule has 2 aromatic rings. The van der Waals surface area contributed by atoms with Crippen molar-refractivity contribution in [3.8, 4) is 0 Å². The first-order valence-electron chi connectivity index (χ1n) is 7.40. The summed E-state index contributed by atoms with van der Waals surface area (Å²) in [5, 5.41) is 19.5. The number of aliphatic carboxylic acids is 1. The molecule has 0 bridgehead atoms. The van der Waals surface area contributed by atoms with Crippen molar-refractivity contribution in [2.75, 3.05) is 0 Å². The van der Waals surface area contributed by atoms with Gasteiger partial charge in [0.2, 0.25) is 6.04 Å². The van der Waals surface area contributed by atoms with Crippen molar-refractivity contribution in [3.63, 3.8) is 0 Å². The second kappa shape index (κ2) is 8.44. The summed E-state index contributed by atoms with van der Waals surface area (Å²) in [4.78, 5) is 34.8. The van der Waals surface area contributed by atoms with Crippen LogP contribution in [-0.4, -0.2) is 33.3 Å². The van der Waals surface area contributed by atoms with Crippen molar-refractivity contribution in [1.29, 1.82) is 0 Å². The van der Waals surface area contributed by atoms with E-state index in [1.807, 2.05) is 0 Å². The van der Waals surface area contributed by atoms with Gasteiger partial charge in [-0.2, -0.15) is 0 Å². The van der Waals surface area contributed by atoms with E-state index < -0.39 is 23.1 Å². The van der Waals surface area contributed by atoms with Gasteiger partial charge in [-0.25, -0.2) is 19.7 Å². The van der Waals surface area contributed by atoms with E-state index in [0.717, 1.165) is 0 Å². The minimum absolute atomic E-state index is 0.0122. The maximum Gasteiger partial charge on any atom is 0.469 e. The van der Waals surface area contributed by atoms with Crippen molar-refractivity contribution in [3.05, 3.63) is 81.9 Å². The molecule has 2 rings (SSSR count). The molecule has 1 N–H and O–H groups in total. The second-order valence-electron chi connectivity index (χ2n) is 5.17. The highest BCUT2D eigenvalue weighted by molar-refractivity contribution is 5.79. The minimum atomic E-state index is -1.68. The van der Waals surface area contributed by atoms with Gasteiger partial charge in [-0.05, 0) is 16.1 Å². The van der Waals surface area contributed by atoms with Crippen molar-refractivity contribution in [2.45, 2.75) is 19.1 Å². The van der Waals surface area contributed by atoms with Crippen LogP contribution in [0.3, 0.4) is 0 Å². The highest BCUT2D eigenvalue weighted by Crippen LogP contribution is 2.12. The highest BCUT2D eigenvalue weighted by atomic mass is 16.7. The molecule has 1 atom stereocenters. The lowest BCUT2D eigenvalue weighted by Crippen LogP contribution is -2.49. The predicted octanol–water partition coefficient (Wildman–Crippen LogP) is 2.51. The van der Waals surface area contributed by atoms with Crippen LogP contribution in [0.15, 0.2) is 60.7 Å². The molecule has 2 aromatic carbocycles. The largest absolute Gasteiger partial charge is 0.480 e. The molecule has 0 fully saturated rings. The van der Waals surface area contributed by atoms with E-state index in [1.165, 1.54) is 0 Å². The monoisotopic (exact) mass is 344 g/mol. The van der Waals surface area contributed by atoms with E-state index in [-0.39, 0.29) is 18.0 Å². The molecule has 0 aliphatic rings. The summed E-state index contributed by atoms with van der Waals surface area (Å²) in [5.74, 6) is -1.49. The quantitative estimate of drug-likeness (QED) is 0.610. The van der Waals surface area contributed by atoms with Gasteiger partial charge in [0.25, 0.3) is 0 Å². The maximum atomic E-state index is 12.1. The van der Waals surface area contributed by atoms with Crippen LogP contribution in [-0.2, 0) is 22.6 Å². The summed E-state index contributed by atoms with van der Waals surface area (Å²) in [6.45, 7) is -0.193. The van der Waals surface area contributed by atoms with Gasteiger partial charge in [-0.3, -0.25) is 0 Å². The van der Waals surface area contributed by atoms with E-state index in [2.05, 4.69) is 0 Å². The molecule has 0 radical (unpaired) electrons. The van der Waals surface area contributed by atoms with Gasteiger partial charge in [0.05, 0.1) is 0 Å². The minimum Gasteiger partial charge on any atom is -0.480 e. The Hall–Kier alpha value is -3.42. The summed E-state index contributed by atoms with van der Waals surface area (Å²) < 4.78 is 4.90. The Kier molecular flexibility index (Phi) is 6.05. The topological polar surface area (TPSA) is 110 Å². The summed E-state index contributed by atoms with van der Waals surface area (Å²) in [7, 11) is 0. The van der Waals surface area contributed by atoms with Crippen LogP contribution < -0.4 is 0 Å². The number of carbonyl (C=O) groups is 2. The molecule has 0 saturated carbocycles. The third kappa shape index (κ3) is 5.03. The Morgan fingerprint density at radius 1 is 1.04 bits per heavy atom. The number of carboxylic acids is 1. The van der Waals surface area contributed by atoms with Gasteiger partial charge in [0, 0.05) is 6.42 Å². The molecular weight excluding hydrogens is 328 g/mol. The molecule has 8 heteroatoms. The van der Waals surface area contributed by atoms with Gasteiger partial charge < -0.3 is 9.84 Å². The average Bonchev–Trinajstić information content (AvgIpc) is 2.61. The van der Waals surface area contributed by atoms with Gasteiger partial charge in [-0.1, -0.05) is 60.7 Å². The SMILES string of the molecule is O=C(O)C(Cc1ccccc1)N(C(=O)OCc1ccccc1)[N+](=O)[O-]. The van der Waals surface area contributed by atoms with E-state index in [1.54, 1.807) is 60.7 Å². The molecular formula is C17H16N2O6. The molecule has 25 heavy (non-hydrogen) atoms. The first-order chi connectivity index (χ1) is 12.0. The molecule has 0 aromatic heterocycles. The lowest BCUT2D eigenvalue weighted by atomic mass is 10.1. The first kappa shape index (κ1) is 17.9. The fraction of sp³-hybridized carbons (Fsp3) is 0.176. The highest BCUT2D eigenvalue weighted by Gasteiger charge is 2.40. The van der Waals surface area contributed by atoms with Crippen LogP contribution in [0.2, 0.25) is 0 Å². The number of hydrogen-bond donors (Lipinski definition) is 1. The number of hydrogen-bond acceptors (Lipinski definition) is 5. The molecule has 0 heterocycles. The van der Waals surface area contributed by atoms with Crippen molar-refractivity contribution in [2.24, 2.45) is 0 Å². The molecule has 0 aliphatic carbocycles. The van der Waals surface area contributed by atoms with E-state index in [4.69, 9.17) is 4.74 Å². The smallest absolute Gasteiger partial charge is 0.469 e. The number of carboxylic acid groups (broad SMARTS) is 1. The van der Waals surface area contributed by atoms with Crippen LogP contribution in [0, 0.1) is 10.1 Å². The molecule has 1 amide bonds. The van der Waals surface area contributed by atoms with Crippen LogP contribution in [0.1, 0.15) is 11.1 Å². The Balaban J connectivity index is 2.13. The van der Waals surface area contributed by atoms with Crippen molar-refractivity contribution >= 4 is 12.1 Å². The lowest BCUT2D eigenvalue weighted by molar-refractivity contribution is -0.641. The normalized spacial score (nSPS) is 11.4. The number of benzene rings is 2. The number of ether oxygens (including phenoxy) is 1. The molecule has 130 valence electrons. The number of nitro groups is 1. The van der Waals surface area contributed by atoms with Gasteiger partial charge >= 0.3 is 12.1 Å². The zero-order valence-corrected chi connectivity index (χ0v) is 13.1. The van der Waals surface area contributed by atoms with Crippen molar-refractivity contribution in [1.82, 2.24) is 5.01 Å². The molecule has 0 saturated heterocycles. The Bertz CT molecular complexity index is 735. The second-order valence-corrected chi connectivity index (χ2v) is 5.17. The molecule has 0 spiro atoms. The fourth-order valence-electron chi connectivity index (χ4n) is 2.21. The van der Waals surface area contributed by atoms with E-state index in [9.17, 15) is 24.8 Å². The Morgan fingerprint density at radius 3 is 2.04 bits per heavy atom. The third-order valence-corrected chi connectivity index (χ3v) is 3.42. The maximum absolute atomic E-state index is 12.1.